The van der Waals surface area contributed by atoms with Crippen molar-refractivity contribution >= 4 is 5.78 Å². The van der Waals surface area contributed by atoms with Crippen LogP contribution in [0.4, 0.5) is 0 Å². The molecule has 2 bridgehead atoms. The van der Waals surface area contributed by atoms with E-state index in [4.69, 9.17) is 4.74 Å². The van der Waals surface area contributed by atoms with Crippen molar-refractivity contribution in [2.24, 2.45) is 22.7 Å². The van der Waals surface area contributed by atoms with Gasteiger partial charge in [0.25, 0.3) is 0 Å². The molecule has 5 atom stereocenters. The Labute approximate surface area is 126 Å². The first-order valence-electron chi connectivity index (χ1n) is 8.57. The molecule has 1 aliphatic heterocycles. The van der Waals surface area contributed by atoms with Gasteiger partial charge in [-0.2, -0.15) is 0 Å². The van der Waals surface area contributed by atoms with Gasteiger partial charge in [-0.25, -0.2) is 0 Å². The number of hydrogen-bond acceptors (Lipinski definition) is 2. The third-order valence-corrected chi connectivity index (χ3v) is 7.67. The number of fused-ring (bicyclic) bond motifs is 4. The van der Waals surface area contributed by atoms with Gasteiger partial charge in [-0.15, -0.1) is 0 Å². The van der Waals surface area contributed by atoms with Crippen molar-refractivity contribution in [3.63, 3.8) is 0 Å². The Morgan fingerprint density at radius 3 is 2.90 bits per heavy atom. The third-order valence-electron chi connectivity index (χ3n) is 7.67. The van der Waals surface area contributed by atoms with Crippen LogP contribution >= 0.6 is 0 Å². The maximum atomic E-state index is 12.1. The molecule has 5 unspecified atom stereocenters. The van der Waals surface area contributed by atoms with E-state index >= 15 is 0 Å². The molecule has 3 fully saturated rings. The van der Waals surface area contributed by atoms with Crippen LogP contribution in [0.1, 0.15) is 52.4 Å². The molecule has 0 N–H and O–H groups in total. The van der Waals surface area contributed by atoms with Gasteiger partial charge < -0.3 is 4.74 Å². The van der Waals surface area contributed by atoms with Crippen LogP contribution in [0, 0.1) is 22.7 Å². The lowest BCUT2D eigenvalue weighted by atomic mass is 9.49. The van der Waals surface area contributed by atoms with Gasteiger partial charge in [0.05, 0.1) is 12.2 Å². The zero-order valence-corrected chi connectivity index (χ0v) is 13.1. The number of rotatable bonds is 0. The topological polar surface area (TPSA) is 29.6 Å². The fourth-order valence-corrected chi connectivity index (χ4v) is 6.53. The quantitative estimate of drug-likeness (QED) is 0.633. The van der Waals surface area contributed by atoms with Crippen molar-refractivity contribution in [3.05, 3.63) is 23.3 Å². The summed E-state index contributed by atoms with van der Waals surface area (Å²) in [5.74, 6) is 1.87. The summed E-state index contributed by atoms with van der Waals surface area (Å²) in [4.78, 5) is 12.1. The van der Waals surface area contributed by atoms with E-state index in [0.29, 0.717) is 17.1 Å². The fourth-order valence-electron chi connectivity index (χ4n) is 6.53. The molecule has 5 rings (SSSR count). The van der Waals surface area contributed by atoms with Crippen LogP contribution in [-0.2, 0) is 9.53 Å². The smallest absolute Gasteiger partial charge is 0.158 e. The number of Topliss-reactive ketones (excluding diaryl/α,β-unsaturated/α-hetero) is 1. The van der Waals surface area contributed by atoms with Crippen molar-refractivity contribution in [3.8, 4) is 0 Å². The molecule has 112 valence electrons. The molecule has 2 nitrogen and oxygen atoms in total. The van der Waals surface area contributed by atoms with E-state index in [1.165, 1.54) is 31.3 Å². The molecule has 0 aromatic rings. The van der Waals surface area contributed by atoms with Crippen LogP contribution in [0.3, 0.4) is 0 Å². The molecule has 2 spiro atoms. The van der Waals surface area contributed by atoms with Crippen molar-refractivity contribution in [1.29, 1.82) is 0 Å². The Hall–Kier alpha value is -0.890. The van der Waals surface area contributed by atoms with Crippen LogP contribution in [0.25, 0.3) is 0 Å². The average molecular weight is 284 g/mol. The molecule has 1 saturated heterocycles. The monoisotopic (exact) mass is 284 g/mol. The van der Waals surface area contributed by atoms with E-state index in [2.05, 4.69) is 19.1 Å². The van der Waals surface area contributed by atoms with Crippen LogP contribution in [0.15, 0.2) is 23.3 Å². The number of epoxide rings is 1. The second-order valence-corrected chi connectivity index (χ2v) is 8.51. The molecule has 5 aliphatic rings. The number of ketones is 1. The normalized spacial score (nSPS) is 53.9. The highest BCUT2D eigenvalue weighted by Crippen LogP contribution is 2.71. The summed E-state index contributed by atoms with van der Waals surface area (Å²) in [6.07, 6.45) is 11.8. The fraction of sp³-hybridized carbons (Fsp3) is 0.737. The predicted molar refractivity (Wildman–Crippen MR) is 80.8 cm³/mol. The van der Waals surface area contributed by atoms with Gasteiger partial charge in [0, 0.05) is 6.42 Å². The Morgan fingerprint density at radius 1 is 1.33 bits per heavy atom. The lowest BCUT2D eigenvalue weighted by Gasteiger charge is -2.54. The molecular weight excluding hydrogens is 260 g/mol. The average Bonchev–Trinajstić information content (AvgIpc) is 3.19. The number of ether oxygens (including phenoxy) is 1. The number of carbonyl (C=O) groups excluding carboxylic acids is 1. The van der Waals surface area contributed by atoms with Crippen molar-refractivity contribution in [2.75, 3.05) is 6.61 Å². The zero-order chi connectivity index (χ0) is 14.5. The maximum Gasteiger partial charge on any atom is 0.158 e. The van der Waals surface area contributed by atoms with Crippen LogP contribution in [-0.4, -0.2) is 18.0 Å². The SMILES string of the molecule is CC1=C2C=CC34CC(CCC3C2(C)CCC1=O)C1(CO1)C4. The maximum absolute atomic E-state index is 12.1. The van der Waals surface area contributed by atoms with Gasteiger partial charge in [0.2, 0.25) is 0 Å². The molecule has 2 heteroatoms. The van der Waals surface area contributed by atoms with E-state index in [1.54, 1.807) is 0 Å². The van der Waals surface area contributed by atoms with Crippen molar-refractivity contribution in [1.82, 2.24) is 0 Å². The Balaban J connectivity index is 1.67. The van der Waals surface area contributed by atoms with E-state index in [1.807, 2.05) is 6.92 Å². The van der Waals surface area contributed by atoms with Crippen molar-refractivity contribution in [2.45, 2.75) is 58.0 Å². The second kappa shape index (κ2) is 3.53. The third kappa shape index (κ3) is 1.36. The zero-order valence-electron chi connectivity index (χ0n) is 13.1. The molecule has 0 radical (unpaired) electrons. The van der Waals surface area contributed by atoms with Gasteiger partial charge >= 0.3 is 0 Å². The van der Waals surface area contributed by atoms with Crippen molar-refractivity contribution < 1.29 is 9.53 Å². The largest absolute Gasteiger partial charge is 0.369 e. The Morgan fingerprint density at radius 2 is 2.14 bits per heavy atom. The molecule has 0 aromatic carbocycles. The highest BCUT2D eigenvalue weighted by Gasteiger charge is 2.68. The summed E-state index contributed by atoms with van der Waals surface area (Å²) in [6.45, 7) is 5.48. The molecule has 1 heterocycles. The summed E-state index contributed by atoms with van der Waals surface area (Å²) in [7, 11) is 0. The molecule has 0 aromatic heterocycles. The summed E-state index contributed by atoms with van der Waals surface area (Å²) in [6, 6.07) is 0. The minimum Gasteiger partial charge on any atom is -0.369 e. The predicted octanol–water partition coefficient (Wildman–Crippen LogP) is 3.82. The Kier molecular flexibility index (Phi) is 2.13. The first-order valence-corrected chi connectivity index (χ1v) is 8.57. The minimum atomic E-state index is 0.220. The minimum absolute atomic E-state index is 0.220. The highest BCUT2D eigenvalue weighted by molar-refractivity contribution is 5.97. The van der Waals surface area contributed by atoms with Crippen LogP contribution in [0.5, 0.6) is 0 Å². The molecule has 2 saturated carbocycles. The lowest BCUT2D eigenvalue weighted by Crippen LogP contribution is -2.46. The first kappa shape index (κ1) is 12.6. The molecule has 4 aliphatic carbocycles. The van der Waals surface area contributed by atoms with E-state index in [0.717, 1.165) is 30.9 Å². The molecule has 21 heavy (non-hydrogen) atoms. The first-order chi connectivity index (χ1) is 9.99. The number of hydrogen-bond donors (Lipinski definition) is 0. The van der Waals surface area contributed by atoms with Gasteiger partial charge in [0.15, 0.2) is 5.78 Å². The second-order valence-electron chi connectivity index (χ2n) is 8.51. The van der Waals surface area contributed by atoms with Gasteiger partial charge in [-0.05, 0) is 72.8 Å². The van der Waals surface area contributed by atoms with Crippen LogP contribution < -0.4 is 0 Å². The van der Waals surface area contributed by atoms with Gasteiger partial charge in [-0.3, -0.25) is 4.79 Å². The van der Waals surface area contributed by atoms with E-state index in [-0.39, 0.29) is 11.0 Å². The van der Waals surface area contributed by atoms with Gasteiger partial charge in [-0.1, -0.05) is 19.1 Å². The van der Waals surface area contributed by atoms with Gasteiger partial charge in [0.1, 0.15) is 0 Å². The Bertz CT molecular complexity index is 609. The number of carbonyl (C=O) groups is 1. The summed E-state index contributed by atoms with van der Waals surface area (Å²) >= 11 is 0. The molecular formula is C19H24O2. The van der Waals surface area contributed by atoms with E-state index in [9.17, 15) is 4.79 Å². The molecule has 0 amide bonds. The standard InChI is InChI=1S/C19H24O2/c1-12-14-5-8-18-9-13(19(10-18)11-21-19)3-4-16(18)17(14,2)7-6-15(12)20/h5,8,13,16H,3-4,6-7,9-11H2,1-2H3. The summed E-state index contributed by atoms with van der Waals surface area (Å²) < 4.78 is 5.92. The summed E-state index contributed by atoms with van der Waals surface area (Å²) in [5, 5.41) is 0. The lowest BCUT2D eigenvalue weighted by molar-refractivity contribution is -0.117. The highest BCUT2D eigenvalue weighted by atomic mass is 16.6. The van der Waals surface area contributed by atoms with Crippen LogP contribution in [0.2, 0.25) is 0 Å². The number of allylic oxidation sites excluding steroid dienone is 4. The van der Waals surface area contributed by atoms with E-state index < -0.39 is 0 Å². The summed E-state index contributed by atoms with van der Waals surface area (Å²) in [5.41, 5.74) is 3.21.